The molecule has 5 heteroatoms. The summed E-state index contributed by atoms with van der Waals surface area (Å²) in [6.45, 7) is 10.6. The minimum absolute atomic E-state index is 0.151. The molecule has 0 spiro atoms. The highest BCUT2D eigenvalue weighted by Gasteiger charge is 2.34. The molecule has 1 aromatic rings. The van der Waals surface area contributed by atoms with Crippen LogP contribution in [0.2, 0.25) is 0 Å². The first kappa shape index (κ1) is 17.2. The summed E-state index contributed by atoms with van der Waals surface area (Å²) < 4.78 is 6.11. The van der Waals surface area contributed by atoms with Crippen molar-refractivity contribution in [2.45, 2.75) is 58.4 Å². The fraction of sp³-hybridized carbons (Fsp3) is 0.588. The van der Waals surface area contributed by atoms with E-state index in [1.54, 1.807) is 11.8 Å². The van der Waals surface area contributed by atoms with Crippen molar-refractivity contribution in [2.24, 2.45) is 5.73 Å². The fourth-order valence-electron chi connectivity index (χ4n) is 2.92. The van der Waals surface area contributed by atoms with E-state index < -0.39 is 12.0 Å². The van der Waals surface area contributed by atoms with Crippen LogP contribution < -0.4 is 10.5 Å². The van der Waals surface area contributed by atoms with E-state index in [0.717, 1.165) is 17.9 Å². The summed E-state index contributed by atoms with van der Waals surface area (Å²) >= 11 is 1.58. The van der Waals surface area contributed by atoms with E-state index in [0.29, 0.717) is 5.75 Å². The summed E-state index contributed by atoms with van der Waals surface area (Å²) in [5.41, 5.74) is 11.7. The number of aliphatic carboxylic acids is 1. The molecule has 1 atom stereocenters. The Bertz CT molecular complexity index is 611. The molecule has 1 aliphatic heterocycles. The van der Waals surface area contributed by atoms with Crippen LogP contribution in [0.15, 0.2) is 0 Å². The number of carbonyl (C=O) groups is 1. The second kappa shape index (κ2) is 6.13. The topological polar surface area (TPSA) is 72.6 Å². The number of rotatable bonds is 5. The van der Waals surface area contributed by atoms with E-state index in [1.807, 2.05) is 0 Å². The summed E-state index contributed by atoms with van der Waals surface area (Å²) in [7, 11) is 0. The summed E-state index contributed by atoms with van der Waals surface area (Å²) in [4.78, 5) is 10.8. The molecular formula is C17H25NO3S. The molecule has 3 N–H and O–H groups in total. The van der Waals surface area contributed by atoms with Gasteiger partial charge in [0.05, 0.1) is 0 Å². The van der Waals surface area contributed by atoms with Crippen LogP contribution in [-0.2, 0) is 17.0 Å². The van der Waals surface area contributed by atoms with Crippen LogP contribution >= 0.6 is 11.8 Å². The Hall–Kier alpha value is -1.20. The molecule has 122 valence electrons. The first-order valence-corrected chi connectivity index (χ1v) is 8.66. The summed E-state index contributed by atoms with van der Waals surface area (Å²) in [5, 5.41) is 8.86. The highest BCUT2D eigenvalue weighted by molar-refractivity contribution is 7.98. The second-order valence-corrected chi connectivity index (χ2v) is 7.69. The van der Waals surface area contributed by atoms with E-state index >= 15 is 0 Å². The Morgan fingerprint density at radius 2 is 1.95 bits per heavy atom. The maximum Gasteiger partial charge on any atom is 0.321 e. The summed E-state index contributed by atoms with van der Waals surface area (Å²) in [6, 6.07) is -0.802. The van der Waals surface area contributed by atoms with Gasteiger partial charge < -0.3 is 15.6 Å². The van der Waals surface area contributed by atoms with Gasteiger partial charge in [-0.15, -0.1) is 0 Å². The van der Waals surface area contributed by atoms with Gasteiger partial charge in [0.1, 0.15) is 17.4 Å². The van der Waals surface area contributed by atoms with E-state index in [1.165, 1.54) is 27.8 Å². The Morgan fingerprint density at radius 3 is 2.55 bits per heavy atom. The van der Waals surface area contributed by atoms with Gasteiger partial charge >= 0.3 is 5.97 Å². The molecule has 0 aromatic heterocycles. The van der Waals surface area contributed by atoms with Crippen LogP contribution in [0.5, 0.6) is 5.75 Å². The predicted molar refractivity (Wildman–Crippen MR) is 90.8 cm³/mol. The Morgan fingerprint density at radius 1 is 1.32 bits per heavy atom. The molecule has 4 nitrogen and oxygen atoms in total. The quantitative estimate of drug-likeness (QED) is 0.871. The number of ether oxygens (including phenoxy) is 1. The van der Waals surface area contributed by atoms with Gasteiger partial charge in [0.2, 0.25) is 0 Å². The zero-order valence-electron chi connectivity index (χ0n) is 13.9. The van der Waals surface area contributed by atoms with Gasteiger partial charge in [-0.1, -0.05) is 0 Å². The molecule has 0 amide bonds. The SMILES string of the molecule is Cc1c(C)c2c(c(C)c1CSC[C@H](N)C(=O)O)CC(C)(C)O2. The minimum Gasteiger partial charge on any atom is -0.487 e. The summed E-state index contributed by atoms with van der Waals surface area (Å²) in [6.07, 6.45) is 0.918. The molecule has 1 aliphatic rings. The third-order valence-electron chi connectivity index (χ3n) is 4.38. The lowest BCUT2D eigenvalue weighted by Gasteiger charge is -2.19. The average Bonchev–Trinajstić information content (AvgIpc) is 2.76. The molecule has 0 bridgehead atoms. The predicted octanol–water partition coefficient (Wildman–Crippen LogP) is 2.97. The highest BCUT2D eigenvalue weighted by Crippen LogP contribution is 2.43. The number of fused-ring (bicyclic) bond motifs is 1. The molecule has 0 saturated heterocycles. The van der Waals surface area contributed by atoms with Gasteiger partial charge in [-0.05, 0) is 56.9 Å². The van der Waals surface area contributed by atoms with Crippen molar-refractivity contribution in [2.75, 3.05) is 5.75 Å². The van der Waals surface area contributed by atoms with Crippen LogP contribution in [0, 0.1) is 20.8 Å². The summed E-state index contributed by atoms with van der Waals surface area (Å²) in [5.74, 6) is 1.30. The number of hydrogen-bond acceptors (Lipinski definition) is 4. The Labute approximate surface area is 136 Å². The number of carboxylic acid groups (broad SMARTS) is 1. The normalized spacial score (nSPS) is 17.0. The zero-order valence-corrected chi connectivity index (χ0v) is 14.8. The van der Waals surface area contributed by atoms with Gasteiger partial charge in [-0.25, -0.2) is 0 Å². The third kappa shape index (κ3) is 3.25. The van der Waals surface area contributed by atoms with Crippen LogP contribution in [-0.4, -0.2) is 28.5 Å². The van der Waals surface area contributed by atoms with Crippen LogP contribution in [0.4, 0.5) is 0 Å². The lowest BCUT2D eigenvalue weighted by atomic mass is 9.90. The van der Waals surface area contributed by atoms with E-state index in [-0.39, 0.29) is 5.60 Å². The zero-order chi connectivity index (χ0) is 16.7. The number of hydrogen-bond donors (Lipinski definition) is 2. The maximum atomic E-state index is 10.8. The number of carboxylic acids is 1. The van der Waals surface area contributed by atoms with Crippen molar-refractivity contribution >= 4 is 17.7 Å². The van der Waals surface area contributed by atoms with Crippen molar-refractivity contribution in [1.82, 2.24) is 0 Å². The fourth-order valence-corrected chi connectivity index (χ4v) is 4.07. The van der Waals surface area contributed by atoms with Crippen LogP contribution in [0.1, 0.15) is 41.7 Å². The first-order valence-electron chi connectivity index (χ1n) is 7.50. The van der Waals surface area contributed by atoms with Gasteiger partial charge in [0.25, 0.3) is 0 Å². The number of thioether (sulfide) groups is 1. The Balaban J connectivity index is 2.24. The number of benzene rings is 1. The Kier molecular flexibility index (Phi) is 4.78. The molecule has 0 fully saturated rings. The standard InChI is InChI=1S/C17H25NO3S/c1-9-10(2)15-12(6-17(4,5)21-15)11(3)13(9)7-22-8-14(18)16(19)20/h14H,6-8,18H2,1-5H3,(H,19,20)/t14-/m0/s1. The molecule has 1 aromatic carbocycles. The van der Waals surface area contributed by atoms with E-state index in [4.69, 9.17) is 15.6 Å². The molecule has 1 heterocycles. The molecule has 0 aliphatic carbocycles. The van der Waals surface area contributed by atoms with Gasteiger partial charge in [0.15, 0.2) is 0 Å². The average molecular weight is 323 g/mol. The minimum atomic E-state index is -0.943. The van der Waals surface area contributed by atoms with Crippen LogP contribution in [0.25, 0.3) is 0 Å². The van der Waals surface area contributed by atoms with Crippen molar-refractivity contribution in [3.05, 3.63) is 27.8 Å². The van der Waals surface area contributed by atoms with Crippen molar-refractivity contribution in [1.29, 1.82) is 0 Å². The lowest BCUT2D eigenvalue weighted by molar-refractivity contribution is -0.137. The van der Waals surface area contributed by atoms with Crippen molar-refractivity contribution < 1.29 is 14.6 Å². The van der Waals surface area contributed by atoms with Gasteiger partial charge in [0, 0.05) is 23.5 Å². The largest absolute Gasteiger partial charge is 0.487 e. The van der Waals surface area contributed by atoms with E-state index in [2.05, 4.69) is 34.6 Å². The lowest BCUT2D eigenvalue weighted by Crippen LogP contribution is -2.32. The molecule has 0 radical (unpaired) electrons. The van der Waals surface area contributed by atoms with Crippen molar-refractivity contribution in [3.63, 3.8) is 0 Å². The van der Waals surface area contributed by atoms with Gasteiger partial charge in [-0.3, -0.25) is 4.79 Å². The van der Waals surface area contributed by atoms with Crippen LogP contribution in [0.3, 0.4) is 0 Å². The van der Waals surface area contributed by atoms with Gasteiger partial charge in [-0.2, -0.15) is 11.8 Å². The highest BCUT2D eigenvalue weighted by atomic mass is 32.2. The second-order valence-electron chi connectivity index (χ2n) is 6.66. The maximum absolute atomic E-state index is 10.8. The molecule has 22 heavy (non-hydrogen) atoms. The number of nitrogens with two attached hydrogens (primary N) is 1. The smallest absolute Gasteiger partial charge is 0.321 e. The first-order chi connectivity index (χ1) is 10.1. The molecule has 2 rings (SSSR count). The molecule has 0 saturated carbocycles. The molecule has 0 unspecified atom stereocenters. The molecular weight excluding hydrogens is 298 g/mol. The van der Waals surface area contributed by atoms with Crippen molar-refractivity contribution in [3.8, 4) is 5.75 Å². The monoisotopic (exact) mass is 323 g/mol. The van der Waals surface area contributed by atoms with E-state index in [9.17, 15) is 4.79 Å². The third-order valence-corrected chi connectivity index (χ3v) is 5.46.